The van der Waals surface area contributed by atoms with Crippen LogP contribution in [-0.4, -0.2) is 57.1 Å². The summed E-state index contributed by atoms with van der Waals surface area (Å²) >= 11 is 1.57. The number of piperidine rings is 1. The predicted molar refractivity (Wildman–Crippen MR) is 133 cm³/mol. The van der Waals surface area contributed by atoms with Gasteiger partial charge in [-0.2, -0.15) is 0 Å². The number of fused-ring (bicyclic) bond motifs is 2. The molecule has 9 heteroatoms. The molecule has 0 unspecified atom stereocenters. The van der Waals surface area contributed by atoms with Crippen LogP contribution in [0.15, 0.2) is 29.6 Å². The molecular formula is C25H27N5O3S. The molecule has 34 heavy (non-hydrogen) atoms. The number of carbonyl (C=O) groups excluding carboxylic acids is 2. The molecule has 0 radical (unpaired) electrons. The summed E-state index contributed by atoms with van der Waals surface area (Å²) in [5, 5.41) is 3.04. The zero-order valence-electron chi connectivity index (χ0n) is 19.3. The number of aromatic nitrogens is 3. The second-order valence-corrected chi connectivity index (χ2v) is 10.2. The van der Waals surface area contributed by atoms with E-state index < -0.39 is 0 Å². The number of hydrogen-bond donors (Lipinski definition) is 1. The minimum atomic E-state index is -0.0599. The van der Waals surface area contributed by atoms with Gasteiger partial charge in [0, 0.05) is 43.0 Å². The molecule has 1 saturated carbocycles. The monoisotopic (exact) mass is 477 g/mol. The zero-order chi connectivity index (χ0) is 23.6. The lowest BCUT2D eigenvalue weighted by molar-refractivity contribution is 0.0708. The fourth-order valence-corrected chi connectivity index (χ4v) is 5.92. The summed E-state index contributed by atoms with van der Waals surface area (Å²) in [6.45, 7) is 1.26. The first kappa shape index (κ1) is 21.4. The minimum Gasteiger partial charge on any atom is -0.494 e. The minimum absolute atomic E-state index is 0.00967. The van der Waals surface area contributed by atoms with Crippen LogP contribution in [0.5, 0.6) is 5.75 Å². The van der Waals surface area contributed by atoms with Gasteiger partial charge in [-0.15, -0.1) is 11.3 Å². The van der Waals surface area contributed by atoms with E-state index in [1.807, 2.05) is 44.7 Å². The van der Waals surface area contributed by atoms with Gasteiger partial charge in [-0.1, -0.05) is 0 Å². The number of imidazole rings is 1. The maximum absolute atomic E-state index is 13.3. The third kappa shape index (κ3) is 3.33. The molecule has 3 aromatic heterocycles. The van der Waals surface area contributed by atoms with Gasteiger partial charge in [-0.25, -0.2) is 4.98 Å². The number of aryl methyl sites for hydroxylation is 1. The molecule has 0 spiro atoms. The van der Waals surface area contributed by atoms with E-state index in [4.69, 9.17) is 15.5 Å². The molecule has 1 amide bonds. The van der Waals surface area contributed by atoms with Crippen molar-refractivity contribution in [3.63, 3.8) is 0 Å². The number of hydrogen-bond acceptors (Lipinski definition) is 6. The van der Waals surface area contributed by atoms with E-state index in [0.717, 1.165) is 47.1 Å². The molecule has 2 fully saturated rings. The van der Waals surface area contributed by atoms with E-state index >= 15 is 0 Å². The third-order valence-corrected chi connectivity index (χ3v) is 7.85. The normalized spacial score (nSPS) is 18.7. The number of carbonyl (C=O) groups is 2. The van der Waals surface area contributed by atoms with Crippen LogP contribution in [0.4, 0.5) is 0 Å². The summed E-state index contributed by atoms with van der Waals surface area (Å²) in [6.07, 6.45) is 3.71. The Morgan fingerprint density at radius 2 is 2.03 bits per heavy atom. The van der Waals surface area contributed by atoms with Gasteiger partial charge in [0.25, 0.3) is 5.91 Å². The van der Waals surface area contributed by atoms with Gasteiger partial charge >= 0.3 is 0 Å². The molecule has 1 aliphatic heterocycles. The number of rotatable bonds is 4. The highest BCUT2D eigenvalue weighted by molar-refractivity contribution is 7.17. The first-order valence-electron chi connectivity index (χ1n) is 11.7. The van der Waals surface area contributed by atoms with Gasteiger partial charge in [0.2, 0.25) is 5.91 Å². The Bertz CT molecular complexity index is 1440. The van der Waals surface area contributed by atoms with Crippen molar-refractivity contribution in [3.05, 3.63) is 35.2 Å². The van der Waals surface area contributed by atoms with E-state index in [9.17, 15) is 9.59 Å². The maximum atomic E-state index is 13.3. The van der Waals surface area contributed by atoms with Crippen molar-refractivity contribution in [2.24, 2.45) is 18.7 Å². The predicted octanol–water partition coefficient (Wildman–Crippen LogP) is 3.88. The number of nitrogens with two attached hydrogens (primary N) is 1. The van der Waals surface area contributed by atoms with Crippen molar-refractivity contribution in [1.29, 1.82) is 0 Å². The average molecular weight is 478 g/mol. The van der Waals surface area contributed by atoms with Gasteiger partial charge in [0.15, 0.2) is 5.82 Å². The summed E-state index contributed by atoms with van der Waals surface area (Å²) < 4.78 is 9.48. The first-order chi connectivity index (χ1) is 16.5. The smallest absolute Gasteiger partial charge is 0.254 e. The Hall–Kier alpha value is -3.17. The number of ether oxygens (including phenoxy) is 1. The molecule has 4 heterocycles. The maximum Gasteiger partial charge on any atom is 0.254 e. The van der Waals surface area contributed by atoms with E-state index in [1.54, 1.807) is 24.5 Å². The first-order valence-corrected chi connectivity index (χ1v) is 12.6. The Morgan fingerprint density at radius 1 is 1.21 bits per heavy atom. The van der Waals surface area contributed by atoms with Gasteiger partial charge in [-0.3, -0.25) is 14.2 Å². The van der Waals surface area contributed by atoms with Crippen molar-refractivity contribution in [3.8, 4) is 17.3 Å². The van der Waals surface area contributed by atoms with Crippen LogP contribution in [0.1, 0.15) is 40.8 Å². The summed E-state index contributed by atoms with van der Waals surface area (Å²) in [7, 11) is 3.52. The number of amides is 1. The fraction of sp³-hybridized carbons (Fsp3) is 0.400. The second kappa shape index (κ2) is 7.95. The molecule has 8 nitrogen and oxygen atoms in total. The number of nitrogens with zero attached hydrogens (tertiary/aromatic N) is 4. The van der Waals surface area contributed by atoms with Gasteiger partial charge in [0.1, 0.15) is 16.1 Å². The fourth-order valence-electron chi connectivity index (χ4n) is 5.02. The second-order valence-electron chi connectivity index (χ2n) is 9.35. The molecule has 0 bridgehead atoms. The Kier molecular flexibility index (Phi) is 5.00. The molecule has 2 N–H and O–H groups in total. The molecule has 4 aromatic rings. The van der Waals surface area contributed by atoms with Crippen molar-refractivity contribution in [1.82, 2.24) is 19.0 Å². The standard InChI is InChI=1S/C25H27N5O3S/c1-28-21-18(10-16(12-20(21)33-2)23(31)29-8-3-4-17(26)13-29)27-22(28)19-11-15-7-9-34-25(15)30(19)24(32)14-5-6-14/h7,9-12,14,17H,3-6,8,13,26H2,1-2H3/t17-/m1/s1. The van der Waals surface area contributed by atoms with Crippen molar-refractivity contribution in [2.45, 2.75) is 31.7 Å². The van der Waals surface area contributed by atoms with Crippen molar-refractivity contribution < 1.29 is 14.3 Å². The largest absolute Gasteiger partial charge is 0.494 e. The summed E-state index contributed by atoms with van der Waals surface area (Å²) in [4.78, 5) is 34.1. The Morgan fingerprint density at radius 3 is 2.76 bits per heavy atom. The highest BCUT2D eigenvalue weighted by Gasteiger charge is 2.34. The summed E-state index contributed by atoms with van der Waals surface area (Å²) in [5.41, 5.74) is 8.86. The molecule has 1 saturated heterocycles. The lowest BCUT2D eigenvalue weighted by atomic mass is 10.0. The van der Waals surface area contributed by atoms with Crippen LogP contribution >= 0.6 is 11.3 Å². The lowest BCUT2D eigenvalue weighted by Crippen LogP contribution is -2.45. The molecule has 1 aromatic carbocycles. The topological polar surface area (TPSA) is 95.4 Å². The molecule has 1 atom stereocenters. The van der Waals surface area contributed by atoms with E-state index in [2.05, 4.69) is 0 Å². The van der Waals surface area contributed by atoms with Crippen LogP contribution in [0.25, 0.3) is 32.8 Å². The molecule has 2 aliphatic rings. The van der Waals surface area contributed by atoms with Crippen molar-refractivity contribution in [2.75, 3.05) is 20.2 Å². The van der Waals surface area contributed by atoms with Crippen LogP contribution in [-0.2, 0) is 7.05 Å². The molecule has 1 aliphatic carbocycles. The van der Waals surface area contributed by atoms with Gasteiger partial charge in [0.05, 0.1) is 18.3 Å². The van der Waals surface area contributed by atoms with Crippen LogP contribution < -0.4 is 10.5 Å². The van der Waals surface area contributed by atoms with Gasteiger partial charge < -0.3 is 19.9 Å². The number of benzene rings is 1. The zero-order valence-corrected chi connectivity index (χ0v) is 20.1. The van der Waals surface area contributed by atoms with Crippen molar-refractivity contribution >= 4 is 44.4 Å². The summed E-state index contributed by atoms with van der Waals surface area (Å²) in [5.74, 6) is 1.41. The number of methoxy groups -OCH3 is 1. The van der Waals surface area contributed by atoms with Crippen LogP contribution in [0, 0.1) is 5.92 Å². The highest BCUT2D eigenvalue weighted by Crippen LogP contribution is 2.39. The Labute approximate surface area is 200 Å². The highest BCUT2D eigenvalue weighted by atomic mass is 32.1. The molecular weight excluding hydrogens is 450 g/mol. The quantitative estimate of drug-likeness (QED) is 0.481. The SMILES string of the molecule is COc1cc(C(=O)N2CCC[C@@H](N)C2)cc2nc(-c3cc4ccsc4n3C(=O)C3CC3)n(C)c12. The van der Waals surface area contributed by atoms with E-state index in [-0.39, 0.29) is 23.8 Å². The van der Waals surface area contributed by atoms with E-state index in [1.165, 1.54) is 0 Å². The lowest BCUT2D eigenvalue weighted by Gasteiger charge is -2.30. The van der Waals surface area contributed by atoms with Crippen LogP contribution in [0.3, 0.4) is 0 Å². The molecule has 176 valence electrons. The number of likely N-dealkylation sites (tertiary alicyclic amines) is 1. The number of thiophene rings is 1. The van der Waals surface area contributed by atoms with E-state index in [0.29, 0.717) is 35.7 Å². The van der Waals surface area contributed by atoms with Gasteiger partial charge in [-0.05, 0) is 55.3 Å². The average Bonchev–Trinajstić information content (AvgIpc) is 3.36. The Balaban J connectivity index is 1.48. The molecule has 6 rings (SSSR count). The van der Waals surface area contributed by atoms with Crippen LogP contribution in [0.2, 0.25) is 0 Å². The third-order valence-electron chi connectivity index (χ3n) is 6.93. The summed E-state index contributed by atoms with van der Waals surface area (Å²) in [6, 6.07) is 7.67.